The first-order valence-corrected chi connectivity index (χ1v) is 11.1. The van der Waals surface area contributed by atoms with Crippen molar-refractivity contribution in [3.05, 3.63) is 110 Å². The predicted molar refractivity (Wildman–Crippen MR) is 132 cm³/mol. The molecule has 0 aliphatic rings. The van der Waals surface area contributed by atoms with Crippen LogP contribution in [0.15, 0.2) is 76.3 Å². The molecule has 0 radical (unpaired) electrons. The minimum atomic E-state index is -1.08. The monoisotopic (exact) mass is 490 g/mol. The van der Waals surface area contributed by atoms with E-state index in [9.17, 15) is 18.8 Å². The van der Waals surface area contributed by atoms with E-state index in [1.54, 1.807) is 6.92 Å². The van der Waals surface area contributed by atoms with Crippen LogP contribution in [0.4, 0.5) is 16.0 Å². The molecule has 0 unspecified atom stereocenters. The van der Waals surface area contributed by atoms with Gasteiger partial charge < -0.3 is 15.2 Å². The molecule has 0 fully saturated rings. The summed E-state index contributed by atoms with van der Waals surface area (Å²) in [7, 11) is 0. The Morgan fingerprint density at radius 1 is 1.03 bits per heavy atom. The largest absolute Gasteiger partial charge is 0.478 e. The van der Waals surface area contributed by atoms with Crippen molar-refractivity contribution in [2.24, 2.45) is 0 Å². The molecule has 1 aromatic heterocycles. The Bertz CT molecular complexity index is 1530. The molecule has 36 heavy (non-hydrogen) atoms. The van der Waals surface area contributed by atoms with Gasteiger partial charge in [-0.1, -0.05) is 29.8 Å². The molecule has 0 saturated carbocycles. The maximum Gasteiger partial charge on any atom is 0.354 e. The van der Waals surface area contributed by atoms with Crippen LogP contribution < -0.4 is 21.4 Å². The van der Waals surface area contributed by atoms with Gasteiger partial charge in [-0.2, -0.15) is 4.98 Å². The summed E-state index contributed by atoms with van der Waals surface area (Å²) in [6.45, 7) is 3.95. The second-order valence-corrected chi connectivity index (χ2v) is 8.02. The first-order chi connectivity index (χ1) is 17.2. The smallest absolute Gasteiger partial charge is 0.354 e. The fraction of sp³-hybridized carbons (Fsp3) is 0.154. The van der Waals surface area contributed by atoms with Gasteiger partial charge >= 0.3 is 17.3 Å². The second kappa shape index (κ2) is 10.3. The zero-order valence-electron chi connectivity index (χ0n) is 19.6. The lowest BCUT2D eigenvalue weighted by atomic mass is 10.1. The van der Waals surface area contributed by atoms with Gasteiger partial charge in [0.25, 0.3) is 0 Å². The molecular weight excluding hydrogens is 467 g/mol. The third kappa shape index (κ3) is 5.33. The molecule has 0 bridgehead atoms. The SMILES string of the molecule is CCn1c(=O)nc(Nc2ccc(Oc3ccc(C(=O)O)cc3)c(F)c2)n(Cc2ccc(C)cc2)c1=O. The highest BCUT2D eigenvalue weighted by Gasteiger charge is 2.15. The van der Waals surface area contributed by atoms with Crippen LogP contribution >= 0.6 is 0 Å². The molecule has 0 spiro atoms. The van der Waals surface area contributed by atoms with Crippen LogP contribution in [0.2, 0.25) is 0 Å². The fourth-order valence-corrected chi connectivity index (χ4v) is 3.50. The molecule has 2 N–H and O–H groups in total. The number of carbonyl (C=O) groups is 1. The number of halogens is 1. The summed E-state index contributed by atoms with van der Waals surface area (Å²) in [4.78, 5) is 40.4. The predicted octanol–water partition coefficient (Wildman–Crippen LogP) is 4.15. The van der Waals surface area contributed by atoms with Crippen molar-refractivity contribution in [2.45, 2.75) is 26.9 Å². The number of nitrogens with one attached hydrogen (secondary N) is 1. The Balaban J connectivity index is 1.62. The average molecular weight is 490 g/mol. The molecule has 4 aromatic rings. The maximum atomic E-state index is 14.8. The first-order valence-electron chi connectivity index (χ1n) is 11.1. The lowest BCUT2D eigenvalue weighted by molar-refractivity contribution is 0.0697. The molecule has 1 heterocycles. The topological polar surface area (TPSA) is 115 Å². The van der Waals surface area contributed by atoms with Gasteiger partial charge in [-0.15, -0.1) is 0 Å². The molecule has 184 valence electrons. The van der Waals surface area contributed by atoms with Crippen LogP contribution in [0.1, 0.15) is 28.4 Å². The number of nitrogens with zero attached hydrogens (tertiary/aromatic N) is 3. The number of rotatable bonds is 8. The van der Waals surface area contributed by atoms with Crippen LogP contribution in [0, 0.1) is 12.7 Å². The van der Waals surface area contributed by atoms with Crippen molar-refractivity contribution in [3.63, 3.8) is 0 Å². The van der Waals surface area contributed by atoms with E-state index in [-0.39, 0.29) is 41.8 Å². The van der Waals surface area contributed by atoms with E-state index in [4.69, 9.17) is 9.84 Å². The fourth-order valence-electron chi connectivity index (χ4n) is 3.50. The summed E-state index contributed by atoms with van der Waals surface area (Å²) in [5.41, 5.74) is 0.978. The van der Waals surface area contributed by atoms with Gasteiger partial charge in [0.15, 0.2) is 11.6 Å². The number of aromatic carboxylic acids is 1. The van der Waals surface area contributed by atoms with Gasteiger partial charge in [-0.05, 0) is 55.8 Å². The average Bonchev–Trinajstić information content (AvgIpc) is 2.85. The molecule has 0 atom stereocenters. The van der Waals surface area contributed by atoms with Gasteiger partial charge in [0.2, 0.25) is 5.95 Å². The van der Waals surface area contributed by atoms with Crippen molar-refractivity contribution in [3.8, 4) is 11.5 Å². The molecule has 4 rings (SSSR count). The highest BCUT2D eigenvalue weighted by Crippen LogP contribution is 2.28. The molecule has 9 nitrogen and oxygen atoms in total. The van der Waals surface area contributed by atoms with Gasteiger partial charge in [0.05, 0.1) is 12.1 Å². The number of hydrogen-bond acceptors (Lipinski definition) is 6. The third-order valence-corrected chi connectivity index (χ3v) is 5.44. The minimum Gasteiger partial charge on any atom is -0.478 e. The lowest BCUT2D eigenvalue weighted by Crippen LogP contribution is -2.42. The minimum absolute atomic E-state index is 0.0207. The summed E-state index contributed by atoms with van der Waals surface area (Å²) < 4.78 is 22.6. The summed E-state index contributed by atoms with van der Waals surface area (Å²) in [5, 5.41) is 11.8. The van der Waals surface area contributed by atoms with E-state index in [1.807, 2.05) is 31.2 Å². The quantitative estimate of drug-likeness (QED) is 0.381. The van der Waals surface area contributed by atoms with Crippen molar-refractivity contribution >= 4 is 17.6 Å². The Morgan fingerprint density at radius 3 is 2.33 bits per heavy atom. The summed E-state index contributed by atoms with van der Waals surface area (Å²) in [6.07, 6.45) is 0. The molecule has 0 saturated heterocycles. The third-order valence-electron chi connectivity index (χ3n) is 5.44. The van der Waals surface area contributed by atoms with Crippen LogP contribution in [0.5, 0.6) is 11.5 Å². The van der Waals surface area contributed by atoms with E-state index in [0.29, 0.717) is 0 Å². The van der Waals surface area contributed by atoms with Crippen LogP contribution in [0.3, 0.4) is 0 Å². The van der Waals surface area contributed by atoms with E-state index in [0.717, 1.165) is 21.8 Å². The van der Waals surface area contributed by atoms with Gasteiger partial charge in [-0.3, -0.25) is 4.57 Å². The lowest BCUT2D eigenvalue weighted by Gasteiger charge is -2.16. The second-order valence-electron chi connectivity index (χ2n) is 8.02. The van der Waals surface area contributed by atoms with Crippen LogP contribution in [-0.2, 0) is 13.1 Å². The van der Waals surface area contributed by atoms with E-state index in [2.05, 4.69) is 10.3 Å². The molecular formula is C26H23FN4O5. The summed E-state index contributed by atoms with van der Waals surface area (Å²) in [6, 6.07) is 17.2. The Hall–Kier alpha value is -4.73. The number of hydrogen-bond donors (Lipinski definition) is 2. The van der Waals surface area contributed by atoms with Crippen LogP contribution in [-0.4, -0.2) is 25.2 Å². The molecule has 0 aliphatic carbocycles. The highest BCUT2D eigenvalue weighted by atomic mass is 19.1. The van der Waals surface area contributed by atoms with E-state index in [1.165, 1.54) is 41.0 Å². The first kappa shape index (κ1) is 24.4. The number of aryl methyl sites for hydroxylation is 1. The van der Waals surface area contributed by atoms with E-state index >= 15 is 0 Å². The van der Waals surface area contributed by atoms with E-state index < -0.39 is 23.2 Å². The molecule has 0 amide bonds. The standard InChI is InChI=1S/C26H23FN4O5/c1-3-30-25(34)29-24(31(26(30)35)15-17-6-4-16(2)5-7-17)28-19-10-13-22(21(27)14-19)36-20-11-8-18(9-12-20)23(32)33/h4-14H,3,15H2,1-2H3,(H,32,33)(H,28,29,34). The molecule has 0 aliphatic heterocycles. The Kier molecular flexibility index (Phi) is 6.95. The maximum absolute atomic E-state index is 14.8. The van der Waals surface area contributed by atoms with Crippen molar-refractivity contribution in [2.75, 3.05) is 5.32 Å². The number of carboxylic acids is 1. The van der Waals surface area contributed by atoms with Crippen molar-refractivity contribution in [1.29, 1.82) is 0 Å². The summed E-state index contributed by atoms with van der Waals surface area (Å²) in [5.74, 6) is -1.64. The number of anilines is 2. The van der Waals surface area contributed by atoms with Gasteiger partial charge in [0, 0.05) is 18.3 Å². The summed E-state index contributed by atoms with van der Waals surface area (Å²) >= 11 is 0. The molecule has 10 heteroatoms. The van der Waals surface area contributed by atoms with Crippen molar-refractivity contribution < 1.29 is 19.0 Å². The molecule has 3 aromatic carbocycles. The number of aromatic nitrogens is 3. The van der Waals surface area contributed by atoms with Gasteiger partial charge in [-0.25, -0.2) is 23.3 Å². The Morgan fingerprint density at radius 2 is 1.72 bits per heavy atom. The van der Waals surface area contributed by atoms with Crippen LogP contribution in [0.25, 0.3) is 0 Å². The number of ether oxygens (including phenoxy) is 1. The van der Waals surface area contributed by atoms with Crippen molar-refractivity contribution in [1.82, 2.24) is 14.1 Å². The zero-order valence-corrected chi connectivity index (χ0v) is 19.6. The number of benzene rings is 3. The normalized spacial score (nSPS) is 10.8. The number of carboxylic acid groups (broad SMARTS) is 1. The zero-order chi connectivity index (χ0) is 25.8. The van der Waals surface area contributed by atoms with Gasteiger partial charge in [0.1, 0.15) is 5.75 Å². The Labute approximate surface area is 205 Å². The highest BCUT2D eigenvalue weighted by molar-refractivity contribution is 5.87.